The maximum absolute atomic E-state index is 5.60. The number of imidazole rings is 1. The SMILES string of the molecule is CCNc1nc(SC2CCOC2C)c2[nH]cnc2n1. The first-order valence-corrected chi connectivity index (χ1v) is 7.39. The van der Waals surface area contributed by atoms with Gasteiger partial charge in [-0.1, -0.05) is 11.8 Å². The first kappa shape index (κ1) is 12.7. The summed E-state index contributed by atoms with van der Waals surface area (Å²) in [6.07, 6.45) is 2.98. The van der Waals surface area contributed by atoms with Crippen molar-refractivity contribution in [3.05, 3.63) is 6.33 Å². The summed E-state index contributed by atoms with van der Waals surface area (Å²) in [6, 6.07) is 0. The molecule has 0 aliphatic carbocycles. The van der Waals surface area contributed by atoms with Gasteiger partial charge >= 0.3 is 0 Å². The van der Waals surface area contributed by atoms with Crippen molar-refractivity contribution in [1.82, 2.24) is 19.9 Å². The molecule has 2 N–H and O–H groups in total. The molecule has 0 aromatic carbocycles. The number of thioether (sulfide) groups is 1. The van der Waals surface area contributed by atoms with Gasteiger partial charge in [-0.25, -0.2) is 9.97 Å². The van der Waals surface area contributed by atoms with E-state index in [-0.39, 0.29) is 6.10 Å². The molecule has 2 atom stereocenters. The van der Waals surface area contributed by atoms with Gasteiger partial charge in [0.15, 0.2) is 5.65 Å². The van der Waals surface area contributed by atoms with E-state index in [0.29, 0.717) is 16.8 Å². The van der Waals surface area contributed by atoms with E-state index in [1.54, 1.807) is 18.1 Å². The molecule has 19 heavy (non-hydrogen) atoms. The van der Waals surface area contributed by atoms with Crippen LogP contribution in [-0.4, -0.2) is 44.4 Å². The maximum atomic E-state index is 5.60. The van der Waals surface area contributed by atoms with Gasteiger partial charge in [-0.05, 0) is 20.3 Å². The first-order chi connectivity index (χ1) is 9.28. The monoisotopic (exact) mass is 279 g/mol. The van der Waals surface area contributed by atoms with Crippen molar-refractivity contribution in [3.8, 4) is 0 Å². The third kappa shape index (κ3) is 2.52. The molecule has 1 aliphatic heterocycles. The Labute approximate surface area is 115 Å². The Morgan fingerprint density at radius 1 is 1.53 bits per heavy atom. The van der Waals surface area contributed by atoms with Crippen molar-refractivity contribution in [3.63, 3.8) is 0 Å². The molecule has 0 saturated carbocycles. The van der Waals surface area contributed by atoms with Gasteiger partial charge in [0.05, 0.1) is 12.4 Å². The lowest BCUT2D eigenvalue weighted by Gasteiger charge is -2.13. The van der Waals surface area contributed by atoms with Crippen molar-refractivity contribution in [2.24, 2.45) is 0 Å². The van der Waals surface area contributed by atoms with Crippen LogP contribution >= 0.6 is 11.8 Å². The summed E-state index contributed by atoms with van der Waals surface area (Å²) in [6.45, 7) is 5.76. The average molecular weight is 279 g/mol. The molecule has 0 spiro atoms. The van der Waals surface area contributed by atoms with E-state index in [0.717, 1.165) is 30.1 Å². The van der Waals surface area contributed by atoms with Gasteiger partial charge in [0.25, 0.3) is 0 Å². The van der Waals surface area contributed by atoms with E-state index in [4.69, 9.17) is 4.74 Å². The number of fused-ring (bicyclic) bond motifs is 1. The fourth-order valence-corrected chi connectivity index (χ4v) is 3.32. The number of aromatic amines is 1. The topological polar surface area (TPSA) is 75.7 Å². The second-order valence-corrected chi connectivity index (χ2v) is 5.73. The Morgan fingerprint density at radius 3 is 3.16 bits per heavy atom. The molecule has 2 aromatic rings. The molecule has 3 rings (SSSR count). The van der Waals surface area contributed by atoms with Crippen LogP contribution in [0.15, 0.2) is 11.4 Å². The van der Waals surface area contributed by atoms with Crippen LogP contribution in [0.25, 0.3) is 11.2 Å². The van der Waals surface area contributed by atoms with Crippen molar-refractivity contribution in [2.75, 3.05) is 18.5 Å². The molecule has 3 heterocycles. The number of hydrogen-bond acceptors (Lipinski definition) is 6. The first-order valence-electron chi connectivity index (χ1n) is 6.51. The third-order valence-corrected chi connectivity index (χ3v) is 4.60. The number of H-pyrrole nitrogens is 1. The average Bonchev–Trinajstić information content (AvgIpc) is 3.00. The molecular formula is C12H17N5OS. The van der Waals surface area contributed by atoms with E-state index in [9.17, 15) is 0 Å². The molecule has 2 aromatic heterocycles. The Balaban J connectivity index is 1.93. The molecule has 7 heteroatoms. The summed E-state index contributed by atoms with van der Waals surface area (Å²) in [5.74, 6) is 0.635. The van der Waals surface area contributed by atoms with Gasteiger partial charge < -0.3 is 15.0 Å². The fourth-order valence-electron chi connectivity index (χ4n) is 2.14. The second-order valence-electron chi connectivity index (χ2n) is 4.50. The van der Waals surface area contributed by atoms with Crippen LogP contribution in [0.1, 0.15) is 20.3 Å². The Kier molecular flexibility index (Phi) is 3.56. The maximum Gasteiger partial charge on any atom is 0.225 e. The molecule has 1 saturated heterocycles. The summed E-state index contributed by atoms with van der Waals surface area (Å²) in [7, 11) is 0. The summed E-state index contributed by atoms with van der Waals surface area (Å²) in [5.41, 5.74) is 1.62. The Morgan fingerprint density at radius 2 is 2.42 bits per heavy atom. The lowest BCUT2D eigenvalue weighted by atomic mass is 10.3. The predicted molar refractivity (Wildman–Crippen MR) is 75.5 cm³/mol. The van der Waals surface area contributed by atoms with Gasteiger partial charge in [0.2, 0.25) is 5.95 Å². The highest BCUT2D eigenvalue weighted by atomic mass is 32.2. The van der Waals surface area contributed by atoms with Crippen LogP contribution in [0.2, 0.25) is 0 Å². The standard InChI is InChI=1S/C12H17N5OS/c1-3-13-12-16-10-9(14-6-15-10)11(17-12)19-8-4-5-18-7(8)2/h6-8H,3-5H2,1-2H3,(H2,13,14,15,16,17). The number of nitrogens with zero attached hydrogens (tertiary/aromatic N) is 3. The summed E-state index contributed by atoms with van der Waals surface area (Å²) in [5, 5.41) is 4.53. The molecule has 0 amide bonds. The minimum absolute atomic E-state index is 0.264. The highest BCUT2D eigenvalue weighted by molar-refractivity contribution is 8.00. The lowest BCUT2D eigenvalue weighted by molar-refractivity contribution is 0.127. The molecule has 6 nitrogen and oxygen atoms in total. The predicted octanol–water partition coefficient (Wildman–Crippen LogP) is 2.05. The Hall–Kier alpha value is -1.34. The fraction of sp³-hybridized carbons (Fsp3) is 0.583. The number of nitrogens with one attached hydrogen (secondary N) is 2. The molecule has 1 fully saturated rings. The highest BCUT2D eigenvalue weighted by Gasteiger charge is 2.27. The zero-order valence-corrected chi connectivity index (χ0v) is 11.8. The number of anilines is 1. The van der Waals surface area contributed by atoms with Gasteiger partial charge in [0.1, 0.15) is 10.5 Å². The number of ether oxygens (including phenoxy) is 1. The number of hydrogen-bond donors (Lipinski definition) is 2. The molecular weight excluding hydrogens is 262 g/mol. The van der Waals surface area contributed by atoms with Crippen molar-refractivity contribution in [1.29, 1.82) is 0 Å². The highest BCUT2D eigenvalue weighted by Crippen LogP contribution is 2.34. The summed E-state index contributed by atoms with van der Waals surface area (Å²) in [4.78, 5) is 16.3. The minimum Gasteiger partial charge on any atom is -0.377 e. The van der Waals surface area contributed by atoms with Crippen LogP contribution < -0.4 is 5.32 Å². The van der Waals surface area contributed by atoms with Crippen molar-refractivity contribution >= 4 is 28.9 Å². The van der Waals surface area contributed by atoms with Crippen LogP contribution in [0.4, 0.5) is 5.95 Å². The van der Waals surface area contributed by atoms with Gasteiger partial charge in [-0.15, -0.1) is 0 Å². The van der Waals surface area contributed by atoms with E-state index in [1.165, 1.54) is 0 Å². The van der Waals surface area contributed by atoms with E-state index in [2.05, 4.69) is 32.2 Å². The van der Waals surface area contributed by atoms with Gasteiger partial charge in [-0.3, -0.25) is 0 Å². The van der Waals surface area contributed by atoms with Crippen molar-refractivity contribution < 1.29 is 4.74 Å². The largest absolute Gasteiger partial charge is 0.377 e. The molecule has 2 unspecified atom stereocenters. The molecule has 0 bridgehead atoms. The van der Waals surface area contributed by atoms with Gasteiger partial charge in [-0.2, -0.15) is 4.98 Å². The van der Waals surface area contributed by atoms with E-state index < -0.39 is 0 Å². The quantitative estimate of drug-likeness (QED) is 0.834. The van der Waals surface area contributed by atoms with Crippen molar-refractivity contribution in [2.45, 2.75) is 36.6 Å². The minimum atomic E-state index is 0.264. The van der Waals surface area contributed by atoms with Crippen LogP contribution in [-0.2, 0) is 4.74 Å². The summed E-state index contributed by atoms with van der Waals surface area (Å²) >= 11 is 1.75. The molecule has 1 aliphatic rings. The number of rotatable bonds is 4. The smallest absolute Gasteiger partial charge is 0.225 e. The third-order valence-electron chi connectivity index (χ3n) is 3.16. The van der Waals surface area contributed by atoms with Crippen LogP contribution in [0, 0.1) is 0 Å². The van der Waals surface area contributed by atoms with E-state index >= 15 is 0 Å². The molecule has 102 valence electrons. The lowest BCUT2D eigenvalue weighted by Crippen LogP contribution is -2.14. The number of aromatic nitrogens is 4. The zero-order chi connectivity index (χ0) is 13.2. The van der Waals surface area contributed by atoms with E-state index in [1.807, 2.05) is 6.92 Å². The van der Waals surface area contributed by atoms with Gasteiger partial charge in [0, 0.05) is 18.4 Å². The van der Waals surface area contributed by atoms with Crippen LogP contribution in [0.3, 0.4) is 0 Å². The summed E-state index contributed by atoms with van der Waals surface area (Å²) < 4.78 is 5.60. The second kappa shape index (κ2) is 5.34. The zero-order valence-electron chi connectivity index (χ0n) is 11.0. The van der Waals surface area contributed by atoms with Crippen LogP contribution in [0.5, 0.6) is 0 Å². The molecule has 0 radical (unpaired) electrons. The Bertz CT molecular complexity index is 572. The normalized spacial score (nSPS) is 23.1.